The number of benzene rings is 2. The standard InChI is InChI=1S/C20H22FN3O/c1-24(2)11-3-10-22-20(25)15-6-4-14(5-7-15)18-13-23-19-9-8-16(21)12-17(18)19/h4-9,12-13,23H,3,10-11H2,1-2H3,(H,22,25). The first-order valence-electron chi connectivity index (χ1n) is 8.34. The van der Waals surface area contributed by atoms with Crippen LogP contribution in [0.3, 0.4) is 0 Å². The average Bonchev–Trinajstić information content (AvgIpc) is 3.01. The number of nitrogens with one attached hydrogen (secondary N) is 2. The predicted molar refractivity (Wildman–Crippen MR) is 99.2 cm³/mol. The summed E-state index contributed by atoms with van der Waals surface area (Å²) in [6.45, 7) is 1.59. The summed E-state index contributed by atoms with van der Waals surface area (Å²) in [6.07, 6.45) is 2.78. The summed E-state index contributed by atoms with van der Waals surface area (Å²) in [5, 5.41) is 3.76. The zero-order valence-corrected chi connectivity index (χ0v) is 14.5. The number of hydrogen-bond acceptors (Lipinski definition) is 2. The van der Waals surface area contributed by atoms with E-state index >= 15 is 0 Å². The molecule has 1 aromatic heterocycles. The van der Waals surface area contributed by atoms with Gasteiger partial charge in [0.1, 0.15) is 5.82 Å². The van der Waals surface area contributed by atoms with Gasteiger partial charge < -0.3 is 15.2 Å². The number of carbonyl (C=O) groups excluding carboxylic acids is 1. The Hall–Kier alpha value is -2.66. The second-order valence-corrected chi connectivity index (χ2v) is 6.38. The Kier molecular flexibility index (Phi) is 5.14. The van der Waals surface area contributed by atoms with Gasteiger partial charge in [-0.2, -0.15) is 0 Å². The van der Waals surface area contributed by atoms with Crippen LogP contribution in [0.1, 0.15) is 16.8 Å². The third kappa shape index (κ3) is 4.06. The quantitative estimate of drug-likeness (QED) is 0.674. The van der Waals surface area contributed by atoms with Crippen LogP contribution in [0.2, 0.25) is 0 Å². The topological polar surface area (TPSA) is 48.1 Å². The maximum absolute atomic E-state index is 13.5. The smallest absolute Gasteiger partial charge is 0.251 e. The van der Waals surface area contributed by atoms with Crippen molar-refractivity contribution in [1.29, 1.82) is 0 Å². The molecule has 3 aromatic rings. The van der Waals surface area contributed by atoms with Gasteiger partial charge in [-0.15, -0.1) is 0 Å². The fraction of sp³-hybridized carbons (Fsp3) is 0.250. The molecule has 0 aliphatic rings. The number of aromatic nitrogens is 1. The fourth-order valence-electron chi connectivity index (χ4n) is 2.83. The maximum atomic E-state index is 13.5. The second-order valence-electron chi connectivity index (χ2n) is 6.38. The number of rotatable bonds is 6. The molecule has 0 bridgehead atoms. The number of halogens is 1. The van der Waals surface area contributed by atoms with Crippen LogP contribution in [0, 0.1) is 5.82 Å². The van der Waals surface area contributed by atoms with Gasteiger partial charge in [0.2, 0.25) is 0 Å². The van der Waals surface area contributed by atoms with Gasteiger partial charge in [0.05, 0.1) is 0 Å². The van der Waals surface area contributed by atoms with E-state index in [1.54, 1.807) is 18.2 Å². The zero-order chi connectivity index (χ0) is 17.8. The summed E-state index contributed by atoms with van der Waals surface area (Å²) < 4.78 is 13.5. The molecule has 1 amide bonds. The van der Waals surface area contributed by atoms with Crippen LogP contribution < -0.4 is 5.32 Å². The molecule has 2 aromatic carbocycles. The van der Waals surface area contributed by atoms with Crippen LogP contribution in [0.5, 0.6) is 0 Å². The average molecular weight is 339 g/mol. The van der Waals surface area contributed by atoms with E-state index in [0.717, 1.165) is 35.0 Å². The monoisotopic (exact) mass is 339 g/mol. The van der Waals surface area contributed by atoms with E-state index in [0.29, 0.717) is 12.1 Å². The van der Waals surface area contributed by atoms with Gasteiger partial charge in [0.15, 0.2) is 0 Å². The number of carbonyl (C=O) groups is 1. The molecule has 0 fully saturated rings. The molecule has 25 heavy (non-hydrogen) atoms. The third-order valence-corrected chi connectivity index (χ3v) is 4.17. The van der Waals surface area contributed by atoms with Crippen LogP contribution in [0.25, 0.3) is 22.0 Å². The van der Waals surface area contributed by atoms with Gasteiger partial charge in [-0.3, -0.25) is 4.79 Å². The Morgan fingerprint density at radius 2 is 1.92 bits per heavy atom. The Balaban J connectivity index is 1.71. The first-order chi connectivity index (χ1) is 12.0. The Morgan fingerprint density at radius 3 is 2.64 bits per heavy atom. The molecule has 0 atom stereocenters. The van der Waals surface area contributed by atoms with Gasteiger partial charge >= 0.3 is 0 Å². The van der Waals surface area contributed by atoms with Crippen LogP contribution in [-0.2, 0) is 0 Å². The highest BCUT2D eigenvalue weighted by Gasteiger charge is 2.09. The lowest BCUT2D eigenvalue weighted by Crippen LogP contribution is -2.27. The normalized spacial score (nSPS) is 11.2. The molecule has 0 saturated carbocycles. The summed E-state index contributed by atoms with van der Waals surface area (Å²) in [5.74, 6) is -0.336. The Morgan fingerprint density at radius 1 is 1.16 bits per heavy atom. The van der Waals surface area contributed by atoms with Crippen molar-refractivity contribution in [2.45, 2.75) is 6.42 Å². The Labute approximate surface area is 146 Å². The summed E-state index contributed by atoms with van der Waals surface area (Å²) in [5.41, 5.74) is 3.38. The van der Waals surface area contributed by atoms with E-state index in [4.69, 9.17) is 0 Å². The van der Waals surface area contributed by atoms with E-state index in [1.165, 1.54) is 12.1 Å². The van der Waals surface area contributed by atoms with Crippen molar-refractivity contribution in [2.24, 2.45) is 0 Å². The SMILES string of the molecule is CN(C)CCCNC(=O)c1ccc(-c2c[nH]c3ccc(F)cc23)cc1. The summed E-state index contributed by atoms with van der Waals surface area (Å²) in [7, 11) is 4.02. The Bertz CT molecular complexity index is 868. The van der Waals surface area contributed by atoms with Crippen molar-refractivity contribution in [1.82, 2.24) is 15.2 Å². The summed E-state index contributed by atoms with van der Waals surface area (Å²) >= 11 is 0. The molecule has 4 nitrogen and oxygen atoms in total. The molecule has 0 aliphatic heterocycles. The molecular formula is C20H22FN3O. The highest BCUT2D eigenvalue weighted by atomic mass is 19.1. The predicted octanol–water partition coefficient (Wildman–Crippen LogP) is 3.66. The molecule has 0 aliphatic carbocycles. The highest BCUT2D eigenvalue weighted by molar-refractivity contribution is 5.97. The van der Waals surface area contributed by atoms with Gasteiger partial charge in [-0.25, -0.2) is 4.39 Å². The summed E-state index contributed by atoms with van der Waals surface area (Å²) in [6, 6.07) is 12.1. The first-order valence-corrected chi connectivity index (χ1v) is 8.34. The van der Waals surface area contributed by atoms with E-state index in [2.05, 4.69) is 15.2 Å². The van der Waals surface area contributed by atoms with Crippen LogP contribution in [0.4, 0.5) is 4.39 Å². The minimum Gasteiger partial charge on any atom is -0.361 e. The third-order valence-electron chi connectivity index (χ3n) is 4.17. The maximum Gasteiger partial charge on any atom is 0.251 e. The molecule has 0 spiro atoms. The van der Waals surface area contributed by atoms with E-state index in [1.807, 2.05) is 32.4 Å². The largest absolute Gasteiger partial charge is 0.361 e. The van der Waals surface area contributed by atoms with Crippen molar-refractivity contribution in [3.05, 3.63) is 60.0 Å². The highest BCUT2D eigenvalue weighted by Crippen LogP contribution is 2.29. The second kappa shape index (κ2) is 7.49. The number of nitrogens with zero attached hydrogens (tertiary/aromatic N) is 1. The minimum atomic E-state index is -0.262. The minimum absolute atomic E-state index is 0.0738. The summed E-state index contributed by atoms with van der Waals surface area (Å²) in [4.78, 5) is 17.4. The molecular weight excluding hydrogens is 317 g/mol. The van der Waals surface area contributed by atoms with Crippen LogP contribution in [-0.4, -0.2) is 43.0 Å². The number of aromatic amines is 1. The molecule has 0 saturated heterocycles. The van der Waals surface area contributed by atoms with Crippen molar-refractivity contribution >= 4 is 16.8 Å². The van der Waals surface area contributed by atoms with Gasteiger partial charge in [-0.1, -0.05) is 12.1 Å². The van der Waals surface area contributed by atoms with Gasteiger partial charge in [0.25, 0.3) is 5.91 Å². The van der Waals surface area contributed by atoms with E-state index in [9.17, 15) is 9.18 Å². The first kappa shape index (κ1) is 17.2. The van der Waals surface area contributed by atoms with Crippen molar-refractivity contribution in [3.8, 4) is 11.1 Å². The van der Waals surface area contributed by atoms with Gasteiger partial charge in [-0.05, 0) is 63.0 Å². The van der Waals surface area contributed by atoms with E-state index in [-0.39, 0.29) is 11.7 Å². The zero-order valence-electron chi connectivity index (χ0n) is 14.5. The molecule has 130 valence electrons. The molecule has 5 heteroatoms. The van der Waals surface area contributed by atoms with Crippen LogP contribution in [0.15, 0.2) is 48.7 Å². The molecule has 0 radical (unpaired) electrons. The molecule has 2 N–H and O–H groups in total. The lowest BCUT2D eigenvalue weighted by atomic mass is 10.0. The number of hydrogen-bond donors (Lipinski definition) is 2. The van der Waals surface area contributed by atoms with Crippen molar-refractivity contribution in [2.75, 3.05) is 27.2 Å². The number of fused-ring (bicyclic) bond motifs is 1. The van der Waals surface area contributed by atoms with Crippen LogP contribution >= 0.6 is 0 Å². The molecule has 0 unspecified atom stereocenters. The number of H-pyrrole nitrogens is 1. The van der Waals surface area contributed by atoms with Crippen molar-refractivity contribution in [3.63, 3.8) is 0 Å². The lowest BCUT2D eigenvalue weighted by molar-refractivity contribution is 0.0952. The molecule has 3 rings (SSSR count). The van der Waals surface area contributed by atoms with E-state index < -0.39 is 0 Å². The fourth-order valence-corrected chi connectivity index (χ4v) is 2.83. The lowest BCUT2D eigenvalue weighted by Gasteiger charge is -2.10. The number of amides is 1. The van der Waals surface area contributed by atoms with Gasteiger partial charge in [0, 0.05) is 34.8 Å². The molecule has 1 heterocycles. The van der Waals surface area contributed by atoms with Crippen molar-refractivity contribution < 1.29 is 9.18 Å².